The molecule has 0 aromatic heterocycles. The molecule has 0 saturated carbocycles. The van der Waals surface area contributed by atoms with E-state index in [4.69, 9.17) is 4.74 Å². The number of carbonyl (C=O) groups is 1. The van der Waals surface area contributed by atoms with E-state index in [2.05, 4.69) is 13.8 Å². The lowest BCUT2D eigenvalue weighted by Gasteiger charge is -2.24. The fraction of sp³-hybridized carbons (Fsp3) is 0.889. The van der Waals surface area contributed by atoms with Crippen LogP contribution in [0.15, 0.2) is 0 Å². The molecule has 0 spiro atoms. The molecule has 0 amide bonds. The molecule has 1 saturated heterocycles. The molecule has 2 nitrogen and oxygen atoms in total. The van der Waals surface area contributed by atoms with Crippen molar-refractivity contribution < 1.29 is 9.53 Å². The summed E-state index contributed by atoms with van der Waals surface area (Å²) in [6.07, 6.45) is 3.81. The molecule has 0 aromatic rings. The monoisotopic (exact) mass is 156 g/mol. The van der Waals surface area contributed by atoms with Gasteiger partial charge in [0.05, 0.1) is 6.61 Å². The van der Waals surface area contributed by atoms with Gasteiger partial charge in [0.2, 0.25) is 0 Å². The van der Waals surface area contributed by atoms with Crippen LogP contribution in [-0.2, 0) is 9.53 Å². The quantitative estimate of drug-likeness (QED) is 0.544. The summed E-state index contributed by atoms with van der Waals surface area (Å²) in [7, 11) is 0. The molecular formula is C9H16O2. The average Bonchev–Trinajstić information content (AvgIpc) is 2.15. The molecule has 0 N–H and O–H groups in total. The molecule has 0 bridgehead atoms. The zero-order valence-electron chi connectivity index (χ0n) is 7.35. The fourth-order valence-electron chi connectivity index (χ4n) is 1.34. The summed E-state index contributed by atoms with van der Waals surface area (Å²) in [6, 6.07) is 0. The minimum absolute atomic E-state index is 0.0258. The van der Waals surface area contributed by atoms with Crippen LogP contribution in [-0.4, -0.2) is 12.6 Å². The Bertz CT molecular complexity index is 154. The van der Waals surface area contributed by atoms with E-state index in [9.17, 15) is 4.79 Å². The summed E-state index contributed by atoms with van der Waals surface area (Å²) in [6.45, 7) is 4.95. The zero-order chi connectivity index (χ0) is 8.32. The van der Waals surface area contributed by atoms with Gasteiger partial charge in [0, 0.05) is 11.8 Å². The second kappa shape index (κ2) is 3.24. The van der Waals surface area contributed by atoms with Crippen molar-refractivity contribution >= 4 is 5.97 Å². The van der Waals surface area contributed by atoms with E-state index in [0.29, 0.717) is 13.0 Å². The first-order chi connectivity index (χ1) is 5.16. The Balaban J connectivity index is 2.52. The van der Waals surface area contributed by atoms with Crippen LogP contribution in [0.3, 0.4) is 0 Å². The van der Waals surface area contributed by atoms with E-state index in [0.717, 1.165) is 19.3 Å². The zero-order valence-corrected chi connectivity index (χ0v) is 7.35. The molecule has 0 aliphatic carbocycles. The van der Waals surface area contributed by atoms with E-state index in [1.165, 1.54) is 0 Å². The van der Waals surface area contributed by atoms with E-state index in [1.54, 1.807) is 0 Å². The maximum atomic E-state index is 10.9. The maximum absolute atomic E-state index is 10.9. The van der Waals surface area contributed by atoms with Crippen molar-refractivity contribution in [2.24, 2.45) is 5.41 Å². The highest BCUT2D eigenvalue weighted by molar-refractivity contribution is 5.69. The normalized spacial score (nSPS) is 32.7. The Hall–Kier alpha value is -0.530. The molecule has 11 heavy (non-hydrogen) atoms. The fourth-order valence-corrected chi connectivity index (χ4v) is 1.34. The first-order valence-corrected chi connectivity index (χ1v) is 4.32. The third-order valence-electron chi connectivity index (χ3n) is 2.60. The smallest absolute Gasteiger partial charge is 0.305 e. The molecular weight excluding hydrogens is 140 g/mol. The predicted octanol–water partition coefficient (Wildman–Crippen LogP) is 2.13. The van der Waals surface area contributed by atoms with E-state index in [-0.39, 0.29) is 11.4 Å². The highest BCUT2D eigenvalue weighted by Gasteiger charge is 2.26. The largest absolute Gasteiger partial charge is 0.465 e. The Kier molecular flexibility index (Phi) is 2.53. The molecule has 0 radical (unpaired) electrons. The summed E-state index contributed by atoms with van der Waals surface area (Å²) >= 11 is 0. The van der Waals surface area contributed by atoms with Gasteiger partial charge in [0.15, 0.2) is 0 Å². The molecule has 1 aliphatic heterocycles. The highest BCUT2D eigenvalue weighted by atomic mass is 16.5. The number of hydrogen-bond donors (Lipinski definition) is 0. The topological polar surface area (TPSA) is 26.3 Å². The molecule has 1 rings (SSSR count). The third kappa shape index (κ3) is 2.21. The van der Waals surface area contributed by atoms with Gasteiger partial charge in [-0.2, -0.15) is 0 Å². The van der Waals surface area contributed by atoms with Crippen LogP contribution in [0.25, 0.3) is 0 Å². The summed E-state index contributed by atoms with van der Waals surface area (Å²) in [5, 5.41) is 0. The molecule has 1 aliphatic rings. The molecule has 0 aromatic carbocycles. The second-order valence-electron chi connectivity index (χ2n) is 3.68. The van der Waals surface area contributed by atoms with Crippen LogP contribution < -0.4 is 0 Å². The van der Waals surface area contributed by atoms with Gasteiger partial charge in [0.1, 0.15) is 0 Å². The number of rotatable bonds is 1. The van der Waals surface area contributed by atoms with Crippen LogP contribution in [0, 0.1) is 5.41 Å². The number of ether oxygens (including phenoxy) is 1. The number of esters is 1. The van der Waals surface area contributed by atoms with E-state index < -0.39 is 0 Å². The molecule has 1 unspecified atom stereocenters. The number of carbonyl (C=O) groups excluding carboxylic acids is 1. The van der Waals surface area contributed by atoms with Crippen LogP contribution in [0.4, 0.5) is 0 Å². The first-order valence-electron chi connectivity index (χ1n) is 4.32. The lowest BCUT2D eigenvalue weighted by atomic mass is 9.84. The van der Waals surface area contributed by atoms with Crippen LogP contribution in [0.5, 0.6) is 0 Å². The van der Waals surface area contributed by atoms with Gasteiger partial charge < -0.3 is 4.74 Å². The highest BCUT2D eigenvalue weighted by Crippen LogP contribution is 2.30. The summed E-state index contributed by atoms with van der Waals surface area (Å²) in [5.41, 5.74) is 0.242. The minimum Gasteiger partial charge on any atom is -0.465 e. The van der Waals surface area contributed by atoms with Gasteiger partial charge in [-0.1, -0.05) is 13.8 Å². The van der Waals surface area contributed by atoms with Crippen molar-refractivity contribution in [2.45, 2.75) is 39.5 Å². The molecule has 64 valence electrons. The van der Waals surface area contributed by atoms with Gasteiger partial charge in [-0.15, -0.1) is 0 Å². The summed E-state index contributed by atoms with van der Waals surface area (Å²) in [5.74, 6) is -0.0258. The Morgan fingerprint density at radius 2 is 2.36 bits per heavy atom. The lowest BCUT2D eigenvalue weighted by molar-refractivity contribution is -0.145. The predicted molar refractivity (Wildman–Crippen MR) is 43.2 cm³/mol. The maximum Gasteiger partial charge on any atom is 0.305 e. The van der Waals surface area contributed by atoms with E-state index in [1.807, 2.05) is 0 Å². The Morgan fingerprint density at radius 1 is 1.64 bits per heavy atom. The number of hydrogen-bond acceptors (Lipinski definition) is 2. The van der Waals surface area contributed by atoms with Crippen molar-refractivity contribution in [1.29, 1.82) is 0 Å². The van der Waals surface area contributed by atoms with Gasteiger partial charge >= 0.3 is 5.97 Å². The molecule has 2 heteroatoms. The second-order valence-corrected chi connectivity index (χ2v) is 3.68. The van der Waals surface area contributed by atoms with Crippen LogP contribution in [0.2, 0.25) is 0 Å². The van der Waals surface area contributed by atoms with Crippen molar-refractivity contribution in [1.82, 2.24) is 0 Å². The lowest BCUT2D eigenvalue weighted by Crippen LogP contribution is -2.21. The molecule has 1 atom stereocenters. The molecule has 1 heterocycles. The van der Waals surface area contributed by atoms with Gasteiger partial charge in [-0.25, -0.2) is 0 Å². The van der Waals surface area contributed by atoms with Crippen molar-refractivity contribution in [2.75, 3.05) is 6.61 Å². The Morgan fingerprint density at radius 3 is 3.00 bits per heavy atom. The summed E-state index contributed by atoms with van der Waals surface area (Å²) < 4.78 is 5.07. The summed E-state index contributed by atoms with van der Waals surface area (Å²) in [4.78, 5) is 10.9. The molecule has 1 fully saturated rings. The van der Waals surface area contributed by atoms with Crippen molar-refractivity contribution in [3.63, 3.8) is 0 Å². The standard InChI is InChI=1S/C9H16O2/c1-3-9(2)6-4-5-8(10)11-7-9/h3-7H2,1-2H3. The third-order valence-corrected chi connectivity index (χ3v) is 2.60. The van der Waals surface area contributed by atoms with Gasteiger partial charge in [0.25, 0.3) is 0 Å². The SMILES string of the molecule is CCC1(C)CCCC(=O)OC1. The average molecular weight is 156 g/mol. The number of cyclic esters (lactones) is 1. The minimum atomic E-state index is -0.0258. The van der Waals surface area contributed by atoms with Crippen LogP contribution in [0.1, 0.15) is 39.5 Å². The van der Waals surface area contributed by atoms with Gasteiger partial charge in [-0.3, -0.25) is 4.79 Å². The first kappa shape index (κ1) is 8.57. The van der Waals surface area contributed by atoms with Gasteiger partial charge in [-0.05, 0) is 19.3 Å². The van der Waals surface area contributed by atoms with Crippen molar-refractivity contribution in [3.8, 4) is 0 Å². The van der Waals surface area contributed by atoms with E-state index >= 15 is 0 Å². The van der Waals surface area contributed by atoms with Crippen LogP contribution >= 0.6 is 0 Å². The van der Waals surface area contributed by atoms with Crippen molar-refractivity contribution in [3.05, 3.63) is 0 Å². The Labute approximate surface area is 67.9 Å².